The molecule has 14 heavy (non-hydrogen) atoms. The molecule has 0 aliphatic carbocycles. The summed E-state index contributed by atoms with van der Waals surface area (Å²) in [4.78, 5) is 23.9. The third-order valence-electron chi connectivity index (χ3n) is 1.13. The Morgan fingerprint density at radius 2 is 2.50 bits per heavy atom. The van der Waals surface area contributed by atoms with Crippen LogP contribution < -0.4 is 0 Å². The Morgan fingerprint density at radius 3 is 3.00 bits per heavy atom. The highest BCUT2D eigenvalue weighted by molar-refractivity contribution is 7.15. The zero-order valence-corrected chi connectivity index (χ0v) is 7.83. The molecule has 0 atom stereocenters. The average molecular weight is 212 g/mol. The summed E-state index contributed by atoms with van der Waals surface area (Å²) in [6.07, 6.45) is 1.09. The van der Waals surface area contributed by atoms with E-state index in [1.165, 1.54) is 7.11 Å². The minimum atomic E-state index is -0.706. The quantitative estimate of drug-likeness (QED) is 0.294. The van der Waals surface area contributed by atoms with Gasteiger partial charge in [0.1, 0.15) is 6.20 Å². The highest BCUT2D eigenvalue weighted by Crippen LogP contribution is 2.19. The number of carbonyl (C=O) groups excluding carboxylic acids is 1. The second kappa shape index (κ2) is 4.34. The van der Waals surface area contributed by atoms with E-state index in [0.717, 1.165) is 17.5 Å². The maximum absolute atomic E-state index is 10.6. The minimum Gasteiger partial charge on any atom is -0.459 e. The summed E-state index contributed by atoms with van der Waals surface area (Å²) in [5.74, 6) is 3.76. The largest absolute Gasteiger partial charge is 0.459 e. The zero-order valence-electron chi connectivity index (χ0n) is 7.01. The van der Waals surface area contributed by atoms with E-state index in [4.69, 9.17) is 0 Å². The van der Waals surface area contributed by atoms with Gasteiger partial charge in [-0.15, -0.1) is 0 Å². The lowest BCUT2D eigenvalue weighted by molar-refractivity contribution is -0.380. The van der Waals surface area contributed by atoms with Crippen LogP contribution >= 0.6 is 11.3 Å². The van der Waals surface area contributed by atoms with E-state index in [1.54, 1.807) is 0 Å². The fourth-order valence-corrected chi connectivity index (χ4v) is 1.15. The Labute approximate surface area is 82.7 Å². The molecule has 0 bridgehead atoms. The Hall–Kier alpha value is -1.94. The van der Waals surface area contributed by atoms with Gasteiger partial charge in [-0.25, -0.2) is 9.78 Å². The number of esters is 1. The fourth-order valence-electron chi connectivity index (χ4n) is 0.563. The summed E-state index contributed by atoms with van der Waals surface area (Å²) in [6, 6.07) is 0. The van der Waals surface area contributed by atoms with Crippen molar-refractivity contribution >= 4 is 22.3 Å². The van der Waals surface area contributed by atoms with E-state index in [1.807, 2.05) is 0 Å². The number of ether oxygens (including phenoxy) is 1. The van der Waals surface area contributed by atoms with Gasteiger partial charge in [0, 0.05) is 5.92 Å². The van der Waals surface area contributed by atoms with Crippen molar-refractivity contribution in [1.82, 2.24) is 4.98 Å². The molecule has 0 unspecified atom stereocenters. The molecule has 1 aromatic heterocycles. The van der Waals surface area contributed by atoms with Crippen molar-refractivity contribution in [1.29, 1.82) is 0 Å². The number of carbonyl (C=O) groups is 1. The highest BCUT2D eigenvalue weighted by atomic mass is 32.1. The van der Waals surface area contributed by atoms with E-state index in [-0.39, 0.29) is 10.0 Å². The minimum absolute atomic E-state index is 0.112. The summed E-state index contributed by atoms with van der Waals surface area (Å²) < 4.78 is 4.26. The summed E-state index contributed by atoms with van der Waals surface area (Å²) in [5.41, 5.74) is 0. The Kier molecular flexibility index (Phi) is 3.14. The van der Waals surface area contributed by atoms with Crippen LogP contribution in [0.15, 0.2) is 6.20 Å². The topological polar surface area (TPSA) is 82.3 Å². The van der Waals surface area contributed by atoms with Crippen LogP contribution in [0.25, 0.3) is 0 Å². The smallest absolute Gasteiger partial charge is 0.384 e. The SMILES string of the molecule is COC(=O)C#Cc1ncc([N+](=O)[O-])s1. The summed E-state index contributed by atoms with van der Waals surface area (Å²) in [5, 5.41) is 10.3. The summed E-state index contributed by atoms with van der Waals surface area (Å²) in [7, 11) is 1.20. The van der Waals surface area contributed by atoms with Gasteiger partial charge in [0.25, 0.3) is 0 Å². The second-order valence-corrected chi connectivity index (χ2v) is 3.01. The molecule has 0 amide bonds. The van der Waals surface area contributed by atoms with Crippen LogP contribution in [-0.4, -0.2) is 23.0 Å². The third-order valence-corrected chi connectivity index (χ3v) is 1.99. The molecule has 0 aromatic carbocycles. The first-order valence-corrected chi connectivity index (χ1v) is 4.15. The van der Waals surface area contributed by atoms with Crippen molar-refractivity contribution in [2.24, 2.45) is 0 Å². The molecule has 0 saturated heterocycles. The monoisotopic (exact) mass is 212 g/mol. The zero-order chi connectivity index (χ0) is 10.6. The van der Waals surface area contributed by atoms with Crippen LogP contribution in [-0.2, 0) is 9.53 Å². The van der Waals surface area contributed by atoms with Gasteiger partial charge in [-0.3, -0.25) is 10.1 Å². The lowest BCUT2D eigenvalue weighted by Gasteiger charge is -1.82. The number of methoxy groups -OCH3 is 1. The van der Waals surface area contributed by atoms with Crippen molar-refractivity contribution in [3.8, 4) is 11.8 Å². The maximum atomic E-state index is 10.6. The molecule has 0 saturated carbocycles. The van der Waals surface area contributed by atoms with Gasteiger partial charge in [-0.1, -0.05) is 0 Å². The molecule has 7 heteroatoms. The molecule has 72 valence electrons. The van der Waals surface area contributed by atoms with Gasteiger partial charge >= 0.3 is 11.0 Å². The number of rotatable bonds is 1. The molecule has 0 radical (unpaired) electrons. The van der Waals surface area contributed by atoms with Crippen molar-refractivity contribution in [3.63, 3.8) is 0 Å². The molecule has 0 fully saturated rings. The first-order chi connectivity index (χ1) is 6.63. The molecule has 6 nitrogen and oxygen atoms in total. The number of hydrogen-bond donors (Lipinski definition) is 0. The van der Waals surface area contributed by atoms with Crippen molar-refractivity contribution < 1.29 is 14.5 Å². The van der Waals surface area contributed by atoms with Crippen molar-refractivity contribution in [3.05, 3.63) is 21.3 Å². The van der Waals surface area contributed by atoms with Crippen LogP contribution in [0.4, 0.5) is 5.00 Å². The highest BCUT2D eigenvalue weighted by Gasteiger charge is 2.09. The number of hydrogen-bond acceptors (Lipinski definition) is 6. The van der Waals surface area contributed by atoms with E-state index in [9.17, 15) is 14.9 Å². The predicted molar refractivity (Wildman–Crippen MR) is 47.7 cm³/mol. The molecule has 0 spiro atoms. The van der Waals surface area contributed by atoms with Gasteiger partial charge in [0.15, 0.2) is 5.01 Å². The third kappa shape index (κ3) is 2.53. The van der Waals surface area contributed by atoms with Crippen LogP contribution in [0.1, 0.15) is 5.01 Å². The molecule has 0 N–H and O–H groups in total. The molecule has 1 heterocycles. The Balaban J connectivity index is 2.81. The maximum Gasteiger partial charge on any atom is 0.384 e. The van der Waals surface area contributed by atoms with E-state index in [2.05, 4.69) is 21.6 Å². The molecule has 0 aliphatic heterocycles. The molecular formula is C7H4N2O4S. The van der Waals surface area contributed by atoms with Gasteiger partial charge in [0.2, 0.25) is 0 Å². The standard InChI is InChI=1S/C7H4N2O4S/c1-13-7(10)3-2-5-8-4-6(14-5)9(11)12/h4H,1H3. The number of aromatic nitrogens is 1. The van der Waals surface area contributed by atoms with Crippen LogP contribution in [0, 0.1) is 22.0 Å². The Bertz CT molecular complexity index is 428. The normalized spacial score (nSPS) is 8.64. The summed E-state index contributed by atoms with van der Waals surface area (Å²) in [6.45, 7) is 0. The number of thiazole rings is 1. The number of nitrogens with zero attached hydrogens (tertiary/aromatic N) is 2. The second-order valence-electron chi connectivity index (χ2n) is 2.00. The molecule has 0 aliphatic rings. The van der Waals surface area contributed by atoms with Crippen LogP contribution in [0.5, 0.6) is 0 Å². The van der Waals surface area contributed by atoms with E-state index >= 15 is 0 Å². The Morgan fingerprint density at radius 1 is 1.79 bits per heavy atom. The molecular weight excluding hydrogens is 208 g/mol. The first-order valence-electron chi connectivity index (χ1n) is 3.33. The average Bonchev–Trinajstić information content (AvgIpc) is 2.62. The number of nitro groups is 1. The van der Waals surface area contributed by atoms with E-state index in [0.29, 0.717) is 0 Å². The lowest BCUT2D eigenvalue weighted by atomic mass is 10.6. The summed E-state index contributed by atoms with van der Waals surface area (Å²) >= 11 is 0.802. The van der Waals surface area contributed by atoms with Gasteiger partial charge in [-0.05, 0) is 17.3 Å². The van der Waals surface area contributed by atoms with Crippen LogP contribution in [0.2, 0.25) is 0 Å². The van der Waals surface area contributed by atoms with Gasteiger partial charge < -0.3 is 4.74 Å². The van der Waals surface area contributed by atoms with Gasteiger partial charge in [0.05, 0.1) is 12.0 Å². The van der Waals surface area contributed by atoms with Crippen LogP contribution in [0.3, 0.4) is 0 Å². The van der Waals surface area contributed by atoms with Crippen molar-refractivity contribution in [2.75, 3.05) is 7.11 Å². The van der Waals surface area contributed by atoms with Gasteiger partial charge in [-0.2, -0.15) is 0 Å². The molecule has 1 rings (SSSR count). The van der Waals surface area contributed by atoms with Crippen molar-refractivity contribution in [2.45, 2.75) is 0 Å². The predicted octanol–water partition coefficient (Wildman–Crippen LogP) is 0.576. The van der Waals surface area contributed by atoms with E-state index < -0.39 is 10.9 Å². The fraction of sp³-hybridized carbons (Fsp3) is 0.143. The first kappa shape index (κ1) is 10.1. The molecule has 1 aromatic rings. The lowest BCUT2D eigenvalue weighted by Crippen LogP contribution is -1.94.